The number of halogens is 2. The molecule has 5 nitrogen and oxygen atoms in total. The summed E-state index contributed by atoms with van der Waals surface area (Å²) in [5.74, 6) is -2.53. The quantitative estimate of drug-likeness (QED) is 0.862. The highest BCUT2D eigenvalue weighted by Crippen LogP contribution is 2.25. The smallest absolute Gasteiger partial charge is 0.338 e. The van der Waals surface area contributed by atoms with E-state index in [4.69, 9.17) is 5.11 Å². The summed E-state index contributed by atoms with van der Waals surface area (Å²) in [7, 11) is -4.02. The van der Waals surface area contributed by atoms with Gasteiger partial charge in [-0.05, 0) is 46.3 Å². The Morgan fingerprint density at radius 2 is 1.86 bits per heavy atom. The van der Waals surface area contributed by atoms with Gasteiger partial charge < -0.3 is 5.11 Å². The lowest BCUT2D eigenvalue weighted by Crippen LogP contribution is -2.14. The molecule has 0 aliphatic rings. The van der Waals surface area contributed by atoms with E-state index in [1.165, 1.54) is 6.07 Å². The predicted octanol–water partition coefficient (Wildman–Crippen LogP) is 3.09. The van der Waals surface area contributed by atoms with E-state index in [0.717, 1.165) is 18.2 Å². The summed E-state index contributed by atoms with van der Waals surface area (Å²) >= 11 is 3.19. The van der Waals surface area contributed by atoms with Gasteiger partial charge in [0.05, 0.1) is 16.1 Å². The van der Waals surface area contributed by atoms with Gasteiger partial charge in [-0.3, -0.25) is 4.72 Å². The summed E-state index contributed by atoms with van der Waals surface area (Å²) in [4.78, 5) is 10.5. The first-order valence-corrected chi connectivity index (χ1v) is 7.89. The highest BCUT2D eigenvalue weighted by atomic mass is 79.9. The van der Waals surface area contributed by atoms with E-state index >= 15 is 0 Å². The SMILES string of the molecule is O=C(O)c1cc(S(=O)(=O)Nc2ccccc2Br)ccc1F. The number of sulfonamides is 1. The van der Waals surface area contributed by atoms with E-state index in [9.17, 15) is 17.6 Å². The van der Waals surface area contributed by atoms with Crippen molar-refractivity contribution in [1.82, 2.24) is 0 Å². The van der Waals surface area contributed by atoms with Crippen LogP contribution >= 0.6 is 15.9 Å². The monoisotopic (exact) mass is 373 g/mol. The van der Waals surface area contributed by atoms with Crippen LogP contribution in [0.4, 0.5) is 10.1 Å². The van der Waals surface area contributed by atoms with Gasteiger partial charge in [0.1, 0.15) is 5.82 Å². The first-order chi connectivity index (χ1) is 9.81. The van der Waals surface area contributed by atoms with Crippen LogP contribution in [0.1, 0.15) is 10.4 Å². The molecule has 0 aliphatic carbocycles. The molecule has 0 amide bonds. The lowest BCUT2D eigenvalue weighted by atomic mass is 10.2. The van der Waals surface area contributed by atoms with E-state index < -0.39 is 27.4 Å². The Bertz CT molecular complexity index is 808. The summed E-state index contributed by atoms with van der Waals surface area (Å²) in [6.07, 6.45) is 0. The van der Waals surface area contributed by atoms with E-state index in [-0.39, 0.29) is 4.90 Å². The van der Waals surface area contributed by atoms with Gasteiger partial charge in [-0.15, -0.1) is 0 Å². The Balaban J connectivity index is 2.43. The summed E-state index contributed by atoms with van der Waals surface area (Å²) < 4.78 is 40.5. The molecule has 8 heteroatoms. The van der Waals surface area contributed by atoms with Gasteiger partial charge in [0, 0.05) is 4.47 Å². The number of nitrogens with one attached hydrogen (secondary N) is 1. The number of rotatable bonds is 4. The molecule has 0 spiro atoms. The van der Waals surface area contributed by atoms with Crippen LogP contribution in [0.3, 0.4) is 0 Å². The van der Waals surface area contributed by atoms with Gasteiger partial charge in [0.25, 0.3) is 10.0 Å². The maximum Gasteiger partial charge on any atom is 0.338 e. The van der Waals surface area contributed by atoms with Crippen LogP contribution < -0.4 is 4.72 Å². The molecule has 0 heterocycles. The Morgan fingerprint density at radius 3 is 2.48 bits per heavy atom. The van der Waals surface area contributed by atoms with Gasteiger partial charge in [-0.25, -0.2) is 17.6 Å². The third kappa shape index (κ3) is 3.40. The summed E-state index contributed by atoms with van der Waals surface area (Å²) in [6.45, 7) is 0. The topological polar surface area (TPSA) is 83.5 Å². The molecule has 2 aromatic carbocycles. The second-order valence-electron chi connectivity index (χ2n) is 4.03. The van der Waals surface area contributed by atoms with Crippen molar-refractivity contribution in [2.24, 2.45) is 0 Å². The lowest BCUT2D eigenvalue weighted by molar-refractivity contribution is 0.0691. The van der Waals surface area contributed by atoms with Crippen molar-refractivity contribution in [3.63, 3.8) is 0 Å². The summed E-state index contributed by atoms with van der Waals surface area (Å²) in [5, 5.41) is 8.83. The van der Waals surface area contributed by atoms with Gasteiger partial charge in [-0.1, -0.05) is 12.1 Å². The van der Waals surface area contributed by atoms with Crippen molar-refractivity contribution in [2.45, 2.75) is 4.90 Å². The zero-order chi connectivity index (χ0) is 15.6. The number of carboxylic acids is 1. The van der Waals surface area contributed by atoms with E-state index in [2.05, 4.69) is 20.7 Å². The maximum atomic E-state index is 13.3. The number of carbonyl (C=O) groups is 1. The fourth-order valence-electron chi connectivity index (χ4n) is 1.58. The minimum absolute atomic E-state index is 0.290. The van der Waals surface area contributed by atoms with Crippen LogP contribution in [0.15, 0.2) is 51.8 Å². The number of hydrogen-bond donors (Lipinski definition) is 2. The van der Waals surface area contributed by atoms with Crippen molar-refractivity contribution in [1.29, 1.82) is 0 Å². The zero-order valence-electron chi connectivity index (χ0n) is 10.4. The highest BCUT2D eigenvalue weighted by molar-refractivity contribution is 9.10. The number of anilines is 1. The molecule has 0 unspecified atom stereocenters. The second kappa shape index (κ2) is 5.82. The van der Waals surface area contributed by atoms with Gasteiger partial charge in [-0.2, -0.15) is 0 Å². The zero-order valence-corrected chi connectivity index (χ0v) is 12.8. The predicted molar refractivity (Wildman–Crippen MR) is 78.3 cm³/mol. The van der Waals surface area contributed by atoms with Crippen molar-refractivity contribution < 1.29 is 22.7 Å². The first-order valence-electron chi connectivity index (χ1n) is 5.61. The molecule has 2 rings (SSSR count). The molecule has 0 saturated heterocycles. The van der Waals surface area contributed by atoms with E-state index in [1.54, 1.807) is 18.2 Å². The van der Waals surface area contributed by atoms with Crippen molar-refractivity contribution in [3.05, 3.63) is 58.3 Å². The van der Waals surface area contributed by atoms with Crippen molar-refractivity contribution in [2.75, 3.05) is 4.72 Å². The molecule has 2 aromatic rings. The molecular weight excluding hydrogens is 365 g/mol. The molecule has 21 heavy (non-hydrogen) atoms. The maximum absolute atomic E-state index is 13.3. The Morgan fingerprint density at radius 1 is 1.19 bits per heavy atom. The molecule has 0 bridgehead atoms. The third-order valence-corrected chi connectivity index (χ3v) is 4.65. The summed E-state index contributed by atoms with van der Waals surface area (Å²) in [6, 6.07) is 9.10. The Hall–Kier alpha value is -1.93. The van der Waals surface area contributed by atoms with Gasteiger partial charge in [0.2, 0.25) is 0 Å². The van der Waals surface area contributed by atoms with Crippen LogP contribution in [0.2, 0.25) is 0 Å². The summed E-state index contributed by atoms with van der Waals surface area (Å²) in [5.41, 5.74) is -0.413. The Kier molecular flexibility index (Phi) is 4.29. The highest BCUT2D eigenvalue weighted by Gasteiger charge is 2.19. The van der Waals surface area contributed by atoms with Crippen LogP contribution in [0, 0.1) is 5.82 Å². The fourth-order valence-corrected chi connectivity index (χ4v) is 3.20. The molecule has 0 saturated carbocycles. The minimum atomic E-state index is -4.02. The van der Waals surface area contributed by atoms with Crippen molar-refractivity contribution in [3.8, 4) is 0 Å². The number of carboxylic acid groups (broad SMARTS) is 1. The van der Waals surface area contributed by atoms with Crippen LogP contribution in [-0.4, -0.2) is 19.5 Å². The normalized spacial score (nSPS) is 11.1. The molecule has 0 radical (unpaired) electrons. The van der Waals surface area contributed by atoms with E-state index in [1.807, 2.05) is 0 Å². The van der Waals surface area contributed by atoms with Crippen LogP contribution in [0.5, 0.6) is 0 Å². The van der Waals surface area contributed by atoms with Gasteiger partial charge >= 0.3 is 5.97 Å². The molecule has 0 aliphatic heterocycles. The van der Waals surface area contributed by atoms with Crippen molar-refractivity contribution >= 4 is 37.6 Å². The average Bonchev–Trinajstić information content (AvgIpc) is 2.41. The molecule has 110 valence electrons. The van der Waals surface area contributed by atoms with Crippen LogP contribution in [0.25, 0.3) is 0 Å². The fraction of sp³-hybridized carbons (Fsp3) is 0. The number of hydrogen-bond acceptors (Lipinski definition) is 3. The van der Waals surface area contributed by atoms with E-state index in [0.29, 0.717) is 10.2 Å². The molecule has 2 N–H and O–H groups in total. The number of para-hydroxylation sites is 1. The average molecular weight is 374 g/mol. The molecule has 0 aromatic heterocycles. The minimum Gasteiger partial charge on any atom is -0.478 e. The van der Waals surface area contributed by atoms with Gasteiger partial charge in [0.15, 0.2) is 0 Å². The second-order valence-corrected chi connectivity index (χ2v) is 6.57. The van der Waals surface area contributed by atoms with Crippen LogP contribution in [-0.2, 0) is 10.0 Å². The third-order valence-electron chi connectivity index (χ3n) is 2.60. The molecule has 0 fully saturated rings. The standard InChI is InChI=1S/C13H9BrFNO4S/c14-10-3-1-2-4-12(10)16-21(19,20)8-5-6-11(15)9(7-8)13(17)18/h1-7,16H,(H,17,18). The number of benzene rings is 2. The first kappa shape index (κ1) is 15.5. The lowest BCUT2D eigenvalue weighted by Gasteiger charge is -2.10. The molecule has 0 atom stereocenters. The Labute approximate surface area is 128 Å². The largest absolute Gasteiger partial charge is 0.478 e. The number of aromatic carboxylic acids is 1. The molecular formula is C13H9BrFNO4S.